The lowest BCUT2D eigenvalue weighted by atomic mass is 10.1. The highest BCUT2D eigenvalue weighted by Gasteiger charge is 2.31. The number of esters is 1. The Balaban J connectivity index is 2.44. The van der Waals surface area contributed by atoms with Crippen LogP contribution in [0.5, 0.6) is 5.75 Å². The first kappa shape index (κ1) is 14.9. The van der Waals surface area contributed by atoms with Crippen molar-refractivity contribution in [2.45, 2.75) is 13.3 Å². The molecule has 0 saturated carbocycles. The number of carbonyl (C=O) groups is 1. The average molecular weight is 301 g/mol. The van der Waals surface area contributed by atoms with Gasteiger partial charge in [-0.25, -0.2) is 4.79 Å². The Morgan fingerprint density at radius 1 is 1.33 bits per heavy atom. The van der Waals surface area contributed by atoms with Crippen LogP contribution < -0.4 is 4.74 Å². The van der Waals surface area contributed by atoms with Crippen molar-refractivity contribution in [2.75, 3.05) is 7.11 Å². The minimum Gasteiger partial charge on any atom is -0.465 e. The topological polar surface area (TPSA) is 61.6 Å². The van der Waals surface area contributed by atoms with Gasteiger partial charge < -0.3 is 14.0 Å². The summed E-state index contributed by atoms with van der Waals surface area (Å²) >= 11 is 0. The fourth-order valence-corrected chi connectivity index (χ4v) is 1.75. The second kappa shape index (κ2) is 5.47. The first-order valence-corrected chi connectivity index (χ1v) is 5.72. The van der Waals surface area contributed by atoms with Crippen molar-refractivity contribution < 1.29 is 32.0 Å². The number of nitrogens with zero attached hydrogens (tertiary/aromatic N) is 1. The number of ether oxygens (including phenoxy) is 2. The van der Waals surface area contributed by atoms with Crippen molar-refractivity contribution in [2.24, 2.45) is 0 Å². The third-order valence-electron chi connectivity index (χ3n) is 2.59. The molecule has 0 bridgehead atoms. The number of alkyl halides is 3. The van der Waals surface area contributed by atoms with Gasteiger partial charge in [0.15, 0.2) is 0 Å². The monoisotopic (exact) mass is 301 g/mol. The van der Waals surface area contributed by atoms with Gasteiger partial charge >= 0.3 is 12.3 Å². The van der Waals surface area contributed by atoms with E-state index >= 15 is 0 Å². The molecule has 0 unspecified atom stereocenters. The largest absolute Gasteiger partial charge is 0.573 e. The van der Waals surface area contributed by atoms with Crippen LogP contribution in [-0.2, 0) is 4.74 Å². The Morgan fingerprint density at radius 2 is 2.05 bits per heavy atom. The Bertz CT molecular complexity index is 664. The van der Waals surface area contributed by atoms with Crippen molar-refractivity contribution >= 4 is 5.97 Å². The lowest BCUT2D eigenvalue weighted by molar-refractivity contribution is -0.274. The molecule has 0 N–H and O–H groups in total. The van der Waals surface area contributed by atoms with Gasteiger partial charge in [-0.15, -0.1) is 13.2 Å². The van der Waals surface area contributed by atoms with Gasteiger partial charge in [0.1, 0.15) is 22.8 Å². The molecule has 2 aromatic rings. The first-order chi connectivity index (χ1) is 9.81. The Hall–Kier alpha value is -2.51. The van der Waals surface area contributed by atoms with Crippen molar-refractivity contribution in [1.29, 1.82) is 0 Å². The molecule has 112 valence electrons. The van der Waals surface area contributed by atoms with E-state index in [0.717, 1.165) is 12.1 Å². The summed E-state index contributed by atoms with van der Waals surface area (Å²) in [5, 5.41) is 3.68. The fraction of sp³-hybridized carbons (Fsp3) is 0.231. The van der Waals surface area contributed by atoms with Crippen LogP contribution in [0.25, 0.3) is 11.3 Å². The van der Waals surface area contributed by atoms with Crippen LogP contribution >= 0.6 is 0 Å². The normalized spacial score (nSPS) is 11.3. The van der Waals surface area contributed by atoms with Crippen LogP contribution in [0.1, 0.15) is 16.1 Å². The van der Waals surface area contributed by atoms with Gasteiger partial charge in [0.2, 0.25) is 0 Å². The average Bonchev–Trinajstić information content (AvgIpc) is 2.78. The zero-order valence-electron chi connectivity index (χ0n) is 11.0. The van der Waals surface area contributed by atoms with Crippen LogP contribution in [0.2, 0.25) is 0 Å². The van der Waals surface area contributed by atoms with Gasteiger partial charge in [0.05, 0.1) is 7.11 Å². The van der Waals surface area contributed by atoms with Crippen LogP contribution in [0.15, 0.2) is 28.8 Å². The summed E-state index contributed by atoms with van der Waals surface area (Å²) in [7, 11) is 1.18. The van der Waals surface area contributed by atoms with Crippen molar-refractivity contribution in [3.63, 3.8) is 0 Å². The molecule has 0 fully saturated rings. The number of carbonyl (C=O) groups excluding carboxylic acids is 1. The number of methoxy groups -OCH3 is 1. The molecule has 0 spiro atoms. The van der Waals surface area contributed by atoms with Gasteiger partial charge in [-0.1, -0.05) is 17.3 Å². The lowest BCUT2D eigenvalue weighted by Gasteiger charge is -2.09. The molecule has 21 heavy (non-hydrogen) atoms. The summed E-state index contributed by atoms with van der Waals surface area (Å²) in [6.07, 6.45) is -4.80. The van der Waals surface area contributed by atoms with E-state index < -0.39 is 18.1 Å². The number of rotatable bonds is 3. The zero-order chi connectivity index (χ0) is 15.6. The van der Waals surface area contributed by atoms with E-state index in [1.807, 2.05) is 0 Å². The Morgan fingerprint density at radius 3 is 2.67 bits per heavy atom. The van der Waals surface area contributed by atoms with Crippen molar-refractivity contribution in [1.82, 2.24) is 5.16 Å². The Labute approximate surface area is 117 Å². The zero-order valence-corrected chi connectivity index (χ0v) is 11.0. The minimum atomic E-state index is -4.80. The van der Waals surface area contributed by atoms with Crippen molar-refractivity contribution in [3.8, 4) is 17.0 Å². The van der Waals surface area contributed by atoms with Gasteiger partial charge in [0.25, 0.3) is 0 Å². The van der Waals surface area contributed by atoms with E-state index in [1.54, 1.807) is 0 Å². The van der Waals surface area contributed by atoms with Crippen LogP contribution in [0.3, 0.4) is 0 Å². The standard InChI is InChI=1S/C13H10F3NO4/c1-7-10(12(18)19-2)11(17-21-7)8-4-3-5-9(6-8)20-13(14,15)16/h3-6H,1-2H3. The molecule has 0 saturated heterocycles. The summed E-state index contributed by atoms with van der Waals surface area (Å²) in [5.41, 5.74) is 0.391. The van der Waals surface area contributed by atoms with Gasteiger partial charge in [-0.05, 0) is 19.1 Å². The maximum Gasteiger partial charge on any atom is 0.573 e. The molecule has 0 aliphatic heterocycles. The lowest BCUT2D eigenvalue weighted by Crippen LogP contribution is -2.17. The van der Waals surface area contributed by atoms with Gasteiger partial charge in [-0.3, -0.25) is 0 Å². The van der Waals surface area contributed by atoms with Crippen LogP contribution in [0, 0.1) is 6.92 Å². The molecule has 0 atom stereocenters. The summed E-state index contributed by atoms with van der Waals surface area (Å²) < 4.78 is 50.0. The van der Waals surface area contributed by atoms with Crippen LogP contribution in [0.4, 0.5) is 13.2 Å². The Kier molecular flexibility index (Phi) is 3.88. The summed E-state index contributed by atoms with van der Waals surface area (Å²) in [4.78, 5) is 11.7. The number of halogens is 3. The molecule has 0 amide bonds. The first-order valence-electron chi connectivity index (χ1n) is 5.72. The van der Waals surface area contributed by atoms with Crippen molar-refractivity contribution in [3.05, 3.63) is 35.6 Å². The molecule has 8 heteroatoms. The molecule has 1 aromatic carbocycles. The van der Waals surface area contributed by atoms with E-state index in [2.05, 4.69) is 14.6 Å². The van der Waals surface area contributed by atoms with E-state index in [4.69, 9.17) is 4.52 Å². The van der Waals surface area contributed by atoms with E-state index in [0.29, 0.717) is 0 Å². The van der Waals surface area contributed by atoms with E-state index in [1.165, 1.54) is 26.2 Å². The fourth-order valence-electron chi connectivity index (χ4n) is 1.75. The summed E-state index contributed by atoms with van der Waals surface area (Å²) in [6, 6.07) is 5.08. The summed E-state index contributed by atoms with van der Waals surface area (Å²) in [5.74, 6) is -0.902. The maximum absolute atomic E-state index is 12.2. The quantitative estimate of drug-likeness (QED) is 0.814. The maximum atomic E-state index is 12.2. The number of aromatic nitrogens is 1. The molecule has 1 heterocycles. The second-order valence-corrected chi connectivity index (χ2v) is 4.03. The molecular formula is C13H10F3NO4. The highest BCUT2D eigenvalue weighted by molar-refractivity contribution is 5.97. The molecule has 0 radical (unpaired) electrons. The number of hydrogen-bond acceptors (Lipinski definition) is 5. The van der Waals surface area contributed by atoms with Gasteiger partial charge in [-0.2, -0.15) is 0 Å². The second-order valence-electron chi connectivity index (χ2n) is 4.03. The smallest absolute Gasteiger partial charge is 0.465 e. The molecule has 2 rings (SSSR count). The number of hydrogen-bond donors (Lipinski definition) is 0. The molecule has 1 aromatic heterocycles. The molecule has 5 nitrogen and oxygen atoms in total. The predicted octanol–water partition coefficient (Wildman–Crippen LogP) is 3.34. The van der Waals surface area contributed by atoms with Gasteiger partial charge in [0, 0.05) is 5.56 Å². The highest BCUT2D eigenvalue weighted by Crippen LogP contribution is 2.30. The van der Waals surface area contributed by atoms with E-state index in [9.17, 15) is 18.0 Å². The number of benzene rings is 1. The number of aryl methyl sites for hydroxylation is 1. The third kappa shape index (κ3) is 3.33. The molecular weight excluding hydrogens is 291 g/mol. The van der Waals surface area contributed by atoms with E-state index in [-0.39, 0.29) is 22.6 Å². The molecule has 0 aliphatic carbocycles. The third-order valence-corrected chi connectivity index (χ3v) is 2.59. The highest BCUT2D eigenvalue weighted by atomic mass is 19.4. The predicted molar refractivity (Wildman–Crippen MR) is 64.7 cm³/mol. The SMILES string of the molecule is COC(=O)c1c(-c2cccc(OC(F)(F)F)c2)noc1C. The molecule has 0 aliphatic rings. The minimum absolute atomic E-state index is 0.0571. The summed E-state index contributed by atoms with van der Waals surface area (Å²) in [6.45, 7) is 1.50. The van der Waals surface area contributed by atoms with Crippen LogP contribution in [-0.4, -0.2) is 24.6 Å².